The molecule has 0 bridgehead atoms. The molecule has 61 heavy (non-hydrogen) atoms. The van der Waals surface area contributed by atoms with E-state index >= 15 is 0 Å². The van der Waals surface area contributed by atoms with Crippen LogP contribution in [0.4, 0.5) is 0 Å². The number of ether oxygens (including phenoxy) is 2. The Kier molecular flexibility index (Phi) is 12.2. The lowest BCUT2D eigenvalue weighted by molar-refractivity contribution is 0.213. The predicted molar refractivity (Wildman–Crippen MR) is 238 cm³/mol. The maximum absolute atomic E-state index is 6.57. The Bertz CT molecular complexity index is 2450. The summed E-state index contributed by atoms with van der Waals surface area (Å²) in [6.45, 7) is 14.4. The topological polar surface area (TPSA) is 130 Å². The Balaban J connectivity index is 0.934. The summed E-state index contributed by atoms with van der Waals surface area (Å²) in [6.07, 6.45) is 10.1. The third kappa shape index (κ3) is 9.11. The first kappa shape index (κ1) is 40.9. The van der Waals surface area contributed by atoms with E-state index in [1.165, 1.54) is 42.4 Å². The van der Waals surface area contributed by atoms with E-state index in [2.05, 4.69) is 98.6 Å². The van der Waals surface area contributed by atoms with Crippen LogP contribution in [0, 0.1) is 33.6 Å². The fourth-order valence-corrected chi connectivity index (χ4v) is 10.1. The number of piperidine rings is 2. The molecule has 3 atom stereocenters. The summed E-state index contributed by atoms with van der Waals surface area (Å²) >= 11 is 0. The van der Waals surface area contributed by atoms with Crippen LogP contribution in [0.15, 0.2) is 72.8 Å². The zero-order valence-electron chi connectivity index (χ0n) is 36.4. The van der Waals surface area contributed by atoms with E-state index in [0.717, 1.165) is 110 Å². The van der Waals surface area contributed by atoms with Gasteiger partial charge < -0.3 is 20.1 Å². The first-order valence-corrected chi connectivity index (χ1v) is 22.6. The average molecular weight is 821 g/mol. The smallest absolute Gasteiger partial charge is 0.219 e. The third-order valence-corrected chi connectivity index (χ3v) is 13.2. The van der Waals surface area contributed by atoms with Crippen molar-refractivity contribution < 1.29 is 9.47 Å². The number of benzene rings is 2. The van der Waals surface area contributed by atoms with E-state index in [9.17, 15) is 0 Å². The van der Waals surface area contributed by atoms with Gasteiger partial charge in [-0.05, 0) is 169 Å². The monoisotopic (exact) mass is 820 g/mol. The highest BCUT2D eigenvalue weighted by Gasteiger charge is 2.33. The van der Waals surface area contributed by atoms with Gasteiger partial charge in [0.2, 0.25) is 11.8 Å². The molecule has 4 aromatic heterocycles. The number of rotatable bonds is 13. The summed E-state index contributed by atoms with van der Waals surface area (Å²) in [5.41, 5.74) is 10.3. The van der Waals surface area contributed by atoms with Crippen molar-refractivity contribution in [1.29, 1.82) is 0 Å². The molecule has 1 saturated carbocycles. The molecule has 2 saturated heterocycles. The molecule has 6 heterocycles. The molecule has 2 N–H and O–H groups in total. The Morgan fingerprint density at radius 3 is 1.95 bits per heavy atom. The summed E-state index contributed by atoms with van der Waals surface area (Å²) in [5, 5.41) is 25.6. The van der Waals surface area contributed by atoms with Crippen LogP contribution in [-0.2, 0) is 0 Å². The Labute approximate surface area is 359 Å². The molecular weight excluding hydrogens is 761 g/mol. The SMILES string of the molecule is CCC(CC1CNCCC1n1nnc(C)c1-c1cccc(Oc2cc(C)cc(C3CCCC3)c2)n1)c1cc(C)cc(Oc2cccc(-c3c(C)nnn3C3CCNCC3)n2)c1. The summed E-state index contributed by atoms with van der Waals surface area (Å²) in [5.74, 6) is 4.03. The van der Waals surface area contributed by atoms with E-state index in [0.29, 0.717) is 35.6 Å². The summed E-state index contributed by atoms with van der Waals surface area (Å²) in [4.78, 5) is 10.1. The third-order valence-electron chi connectivity index (χ3n) is 13.2. The van der Waals surface area contributed by atoms with Gasteiger partial charge in [0, 0.05) is 18.7 Å². The van der Waals surface area contributed by atoms with Crippen molar-refractivity contribution in [3.05, 3.63) is 106 Å². The predicted octanol–water partition coefficient (Wildman–Crippen LogP) is 10.1. The second kappa shape index (κ2) is 18.3. The summed E-state index contributed by atoms with van der Waals surface area (Å²) in [6, 6.07) is 25.7. The number of aryl methyl sites for hydroxylation is 4. The van der Waals surface area contributed by atoms with Gasteiger partial charge >= 0.3 is 0 Å². The maximum atomic E-state index is 6.57. The highest BCUT2D eigenvalue weighted by atomic mass is 16.5. The molecular formula is C49H60N10O2. The molecule has 0 spiro atoms. The molecule has 0 amide bonds. The van der Waals surface area contributed by atoms with Crippen LogP contribution in [0.3, 0.4) is 0 Å². The van der Waals surface area contributed by atoms with Gasteiger partial charge in [-0.1, -0.05) is 54.5 Å². The summed E-state index contributed by atoms with van der Waals surface area (Å²) in [7, 11) is 0. The first-order chi connectivity index (χ1) is 29.8. The van der Waals surface area contributed by atoms with Gasteiger partial charge in [0.1, 0.15) is 22.9 Å². The summed E-state index contributed by atoms with van der Waals surface area (Å²) < 4.78 is 17.3. The van der Waals surface area contributed by atoms with E-state index in [4.69, 9.17) is 24.7 Å². The number of aromatic nitrogens is 8. The quantitative estimate of drug-likeness (QED) is 0.116. The number of hydrogen-bond donors (Lipinski definition) is 2. The van der Waals surface area contributed by atoms with Crippen molar-refractivity contribution in [2.75, 3.05) is 26.2 Å². The van der Waals surface area contributed by atoms with Crippen LogP contribution in [0.5, 0.6) is 23.3 Å². The molecule has 3 unspecified atom stereocenters. The van der Waals surface area contributed by atoms with Crippen molar-refractivity contribution in [2.24, 2.45) is 5.92 Å². The Morgan fingerprint density at radius 2 is 1.28 bits per heavy atom. The zero-order chi connectivity index (χ0) is 41.9. The average Bonchev–Trinajstić information content (AvgIpc) is 4.04. The molecule has 318 valence electrons. The van der Waals surface area contributed by atoms with Crippen molar-refractivity contribution in [3.63, 3.8) is 0 Å². The second-order valence-electron chi connectivity index (χ2n) is 17.6. The minimum atomic E-state index is 0.160. The largest absolute Gasteiger partial charge is 0.439 e. The van der Waals surface area contributed by atoms with Gasteiger partial charge in [0.15, 0.2) is 0 Å². The molecule has 3 aliphatic rings. The van der Waals surface area contributed by atoms with Crippen molar-refractivity contribution in [1.82, 2.24) is 50.6 Å². The molecule has 9 rings (SSSR count). The van der Waals surface area contributed by atoms with Crippen LogP contribution in [0.2, 0.25) is 0 Å². The molecule has 12 nitrogen and oxygen atoms in total. The molecule has 2 aliphatic heterocycles. The van der Waals surface area contributed by atoms with Crippen molar-refractivity contribution in [3.8, 4) is 46.0 Å². The molecule has 2 aromatic carbocycles. The van der Waals surface area contributed by atoms with Crippen LogP contribution in [0.25, 0.3) is 22.8 Å². The molecule has 1 aliphatic carbocycles. The van der Waals surface area contributed by atoms with E-state index in [1.807, 2.05) is 44.2 Å². The Hall–Kier alpha value is -5.46. The number of nitrogens with one attached hydrogen (secondary N) is 2. The van der Waals surface area contributed by atoms with Gasteiger partial charge in [-0.2, -0.15) is 0 Å². The van der Waals surface area contributed by atoms with Gasteiger partial charge in [-0.15, -0.1) is 10.2 Å². The molecule has 3 fully saturated rings. The first-order valence-electron chi connectivity index (χ1n) is 22.6. The molecule has 12 heteroatoms. The molecule has 0 radical (unpaired) electrons. The highest BCUT2D eigenvalue weighted by molar-refractivity contribution is 5.59. The lowest BCUT2D eigenvalue weighted by atomic mass is 9.80. The fraction of sp³-hybridized carbons (Fsp3) is 0.469. The zero-order valence-corrected chi connectivity index (χ0v) is 36.4. The van der Waals surface area contributed by atoms with Gasteiger partial charge in [-0.3, -0.25) is 0 Å². The lowest BCUT2D eigenvalue weighted by Gasteiger charge is -2.35. The minimum Gasteiger partial charge on any atom is -0.439 e. The van der Waals surface area contributed by atoms with Crippen LogP contribution in [0.1, 0.15) is 122 Å². The van der Waals surface area contributed by atoms with Crippen molar-refractivity contribution in [2.45, 2.75) is 116 Å². The Morgan fingerprint density at radius 1 is 0.672 bits per heavy atom. The maximum Gasteiger partial charge on any atom is 0.219 e. The van der Waals surface area contributed by atoms with E-state index in [-0.39, 0.29) is 6.04 Å². The van der Waals surface area contributed by atoms with Crippen molar-refractivity contribution >= 4 is 0 Å². The minimum absolute atomic E-state index is 0.160. The van der Waals surface area contributed by atoms with E-state index in [1.54, 1.807) is 0 Å². The van der Waals surface area contributed by atoms with Crippen LogP contribution >= 0.6 is 0 Å². The van der Waals surface area contributed by atoms with Gasteiger partial charge in [0.05, 0.1) is 34.9 Å². The van der Waals surface area contributed by atoms with Crippen LogP contribution in [-0.4, -0.2) is 66.1 Å². The van der Waals surface area contributed by atoms with E-state index < -0.39 is 0 Å². The fourth-order valence-electron chi connectivity index (χ4n) is 10.1. The van der Waals surface area contributed by atoms with Gasteiger partial charge in [0.25, 0.3) is 0 Å². The number of hydrogen-bond acceptors (Lipinski definition) is 10. The lowest BCUT2D eigenvalue weighted by Crippen LogP contribution is -2.39. The second-order valence-corrected chi connectivity index (χ2v) is 17.6. The standard InChI is InChI=1S/C49H60N10O2/c1-6-35(37-23-31(2)25-41(28-37)60-46-15-9-13-43(52-46)48-33(4)54-56-58(48)40-17-20-50-21-18-40)27-39-30-51-22-19-45(39)59-49(34(5)55-57-59)44-14-10-16-47(53-44)61-42-26-32(3)24-38(29-42)36-11-7-8-12-36/h9-10,13-16,23-26,28-29,35-36,39-40,45,50-51H,6-8,11-12,17-22,27,30H2,1-5H3. The highest BCUT2D eigenvalue weighted by Crippen LogP contribution is 2.40. The molecule has 6 aromatic rings. The van der Waals surface area contributed by atoms with Crippen LogP contribution < -0.4 is 20.1 Å². The number of nitrogens with zero attached hydrogens (tertiary/aromatic N) is 8. The van der Waals surface area contributed by atoms with Gasteiger partial charge in [-0.25, -0.2) is 19.3 Å². The normalized spacial score (nSPS) is 19.3. The number of pyridine rings is 2.